The van der Waals surface area contributed by atoms with Crippen LogP contribution in [-0.2, 0) is 0 Å². The van der Waals surface area contributed by atoms with Gasteiger partial charge in [-0.25, -0.2) is 17.6 Å². The zero-order chi connectivity index (χ0) is 101. The van der Waals surface area contributed by atoms with Gasteiger partial charge in [-0.3, -0.25) is 24.8 Å². The summed E-state index contributed by atoms with van der Waals surface area (Å²) >= 11 is 26.2. The number of anilines is 4. The number of nitrogens with zero attached hydrogens (tertiary/aromatic N) is 17. The highest BCUT2D eigenvalue weighted by Gasteiger charge is 2.47. The van der Waals surface area contributed by atoms with Crippen molar-refractivity contribution < 1.29 is 46.7 Å². The summed E-state index contributed by atoms with van der Waals surface area (Å²) in [4.78, 5) is 67.5. The van der Waals surface area contributed by atoms with Crippen molar-refractivity contribution >= 4 is 156 Å². The van der Waals surface area contributed by atoms with E-state index in [1.54, 1.807) is 36.9 Å². The minimum Gasteiger partial charge on any atom is -0.463 e. The summed E-state index contributed by atoms with van der Waals surface area (Å²) in [5, 5.41) is 31.4. The standard InChI is InChI=1S/C32H33ClFN5O.C29H28ClFN4O.2C28H28ClFN4O2.CH4/c33-25-8-2-6-22-5-1-7-23(26(22)25)28-27(34)29-24(16-35-28)30(38-17-20-9-10-21(15-20)18-38)37-31(36-29)40-19-32-11-3-13-39(32)14-4-12-32;30-23-9-3-7-20-6-2-8-21(24(20)23)26-25(31)27-22(13-32-26)28(35-14-18-10-11-19(12-18)15-35)34-29(33-27)36-16-17-4-1-5-17;2*1-2-19(35)15-36-28-32-26-21(27(33-28)34-13-16-9-10-17(11-16)14-34)12-31-25(24(26)30)20-7-3-5-18-6-4-8-22(29)23(18)20;/h1-2,5-8,16,20-21H,3-4,9-15,17-19H2;2-3,6-9,13,17-19H,1,4-5,10-12,14-16H2;2*3-8,12,16-17,19,35H,2,9-11,13-15H2,1H3;1H4/t;;2*16?,17?,19-;/m..10./s1. The van der Waals surface area contributed by atoms with Crippen LogP contribution in [0.15, 0.2) is 170 Å². The first-order chi connectivity index (χ1) is 72.2. The molecule has 149 heavy (non-hydrogen) atoms. The molecule has 11 fully saturated rings. The van der Waals surface area contributed by atoms with Crippen LogP contribution in [0, 0.1) is 76.5 Å². The number of pyridine rings is 4. The van der Waals surface area contributed by atoms with Gasteiger partial charge in [-0.05, 0) is 241 Å². The Balaban J connectivity index is 0.000000109. The Labute approximate surface area is 883 Å². The van der Waals surface area contributed by atoms with Crippen LogP contribution in [0.5, 0.6) is 24.0 Å². The lowest BCUT2D eigenvalue weighted by Gasteiger charge is -2.34. The SMILES string of the molecule is C.CC[C@@H](O)COc1nc(N2CC3CCC(C3)C2)c2cnc(-c3cccc4cccc(Cl)c34)c(F)c2n1.CC[C@H](O)COc1nc(N2CC3CCC(C3)C2)c2cnc(-c3cccc4cccc(Cl)c34)c(F)c2n1.Fc1c(-c2cccc3cccc(Cl)c23)ncc2c(N3CC4CCC(C4)C3)nc(OCC34CCCN3CCC4)nc12.Fc1c(-c2cccc3cccc(Cl)c23)ncc2c(N3CC4CCC(C4)C3)nc(OCC3CCC3)nc12. The molecule has 8 aromatic carbocycles. The fourth-order valence-electron chi connectivity index (χ4n) is 25.6. The summed E-state index contributed by atoms with van der Waals surface area (Å²) < 4.78 is 89.4. The topological polar surface area (TPSA) is 248 Å². The molecular weight excluding hydrogens is 1970 g/mol. The zero-order valence-electron chi connectivity index (χ0n) is 82.9. The number of ether oxygens (including phenoxy) is 4. The molecule has 16 aromatic rings. The fourth-order valence-corrected chi connectivity index (χ4v) is 26.8. The van der Waals surface area contributed by atoms with Crippen molar-refractivity contribution in [2.45, 2.75) is 174 Å². The molecule has 10 atom stereocenters. The van der Waals surface area contributed by atoms with Crippen molar-refractivity contribution in [3.63, 3.8) is 0 Å². The molecule has 6 saturated heterocycles. The van der Waals surface area contributed by atoms with Crippen LogP contribution >= 0.6 is 46.4 Å². The van der Waals surface area contributed by atoms with Crippen LogP contribution in [0.3, 0.4) is 0 Å². The highest BCUT2D eigenvalue weighted by molar-refractivity contribution is 6.38. The lowest BCUT2D eigenvalue weighted by molar-refractivity contribution is 0.0991. The second-order valence-corrected chi connectivity index (χ2v) is 44.6. The number of piperidine rings is 4. The van der Waals surface area contributed by atoms with Crippen molar-refractivity contribution in [1.29, 1.82) is 0 Å². The molecule has 0 radical (unpaired) electrons. The Bertz CT molecular complexity index is 7210. The number of hydrogen-bond acceptors (Lipinski definition) is 23. The maximum Gasteiger partial charge on any atom is 0.319 e. The molecule has 5 saturated carbocycles. The van der Waals surface area contributed by atoms with E-state index < -0.39 is 35.5 Å². The van der Waals surface area contributed by atoms with Gasteiger partial charge in [-0.2, -0.15) is 39.9 Å². The molecule has 770 valence electrons. The predicted octanol–water partition coefficient (Wildman–Crippen LogP) is 26.6. The molecule has 0 amide bonds. The monoisotopic (exact) mass is 2090 g/mol. The van der Waals surface area contributed by atoms with Crippen molar-refractivity contribution in [2.75, 3.05) is 111 Å². The highest BCUT2D eigenvalue weighted by atomic mass is 35.5. The zero-order valence-corrected chi connectivity index (χ0v) is 85.9. The first-order valence-electron chi connectivity index (χ1n) is 53.0. The van der Waals surface area contributed by atoms with E-state index in [9.17, 15) is 10.2 Å². The van der Waals surface area contributed by atoms with E-state index in [0.29, 0.717) is 155 Å². The summed E-state index contributed by atoms with van der Waals surface area (Å²) in [6.45, 7) is 14.5. The van der Waals surface area contributed by atoms with E-state index in [2.05, 4.69) is 69.4 Å². The second-order valence-electron chi connectivity index (χ2n) is 43.0. The third kappa shape index (κ3) is 19.8. The molecule has 27 rings (SSSR count). The summed E-state index contributed by atoms with van der Waals surface area (Å²) in [5.41, 5.74) is 4.30. The number of aliphatic hydroxyl groups is 2. The summed E-state index contributed by atoms with van der Waals surface area (Å²) in [7, 11) is 0. The first kappa shape index (κ1) is 100. The molecule has 0 spiro atoms. The predicted molar refractivity (Wildman–Crippen MR) is 585 cm³/mol. The average Bonchev–Trinajstić information content (AvgIpc) is 1.48. The number of benzene rings is 8. The minimum atomic E-state index is -0.644. The van der Waals surface area contributed by atoms with E-state index in [-0.39, 0.29) is 95.1 Å². The Morgan fingerprint density at radius 3 is 0.866 bits per heavy atom. The number of hydrogen-bond donors (Lipinski definition) is 2. The summed E-state index contributed by atoms with van der Waals surface area (Å²) in [6.07, 6.45) is 29.8. The van der Waals surface area contributed by atoms with Gasteiger partial charge < -0.3 is 48.8 Å². The maximum atomic E-state index is 16.6. The molecule has 8 bridgehead atoms. The molecular formula is C118H121Cl4F4N17O6. The number of rotatable bonds is 22. The van der Waals surface area contributed by atoms with Gasteiger partial charge in [0.25, 0.3) is 0 Å². The van der Waals surface area contributed by atoms with Gasteiger partial charge in [0, 0.05) is 141 Å². The first-order valence-corrected chi connectivity index (χ1v) is 54.5. The van der Waals surface area contributed by atoms with Crippen molar-refractivity contribution in [3.05, 3.63) is 214 Å². The van der Waals surface area contributed by atoms with Crippen molar-refractivity contribution in [1.82, 2.24) is 64.7 Å². The van der Waals surface area contributed by atoms with Crippen LogP contribution in [0.1, 0.15) is 156 Å². The molecule has 2 N–H and O–H groups in total. The third-order valence-corrected chi connectivity index (χ3v) is 34.6. The fraction of sp³-hybridized carbons (Fsp3) is 0.424. The van der Waals surface area contributed by atoms with Gasteiger partial charge in [0.15, 0.2) is 23.3 Å². The third-order valence-electron chi connectivity index (χ3n) is 33.3. The van der Waals surface area contributed by atoms with E-state index in [4.69, 9.17) is 80.3 Å². The van der Waals surface area contributed by atoms with Crippen LogP contribution in [0.25, 0.3) is 132 Å². The number of halogens is 8. The molecule has 31 heteroatoms. The molecule has 11 aliphatic rings. The molecule has 23 nitrogen and oxygen atoms in total. The van der Waals surface area contributed by atoms with Gasteiger partial charge in [0.2, 0.25) is 0 Å². The van der Waals surface area contributed by atoms with E-state index in [1.165, 1.54) is 109 Å². The van der Waals surface area contributed by atoms with Gasteiger partial charge >= 0.3 is 24.0 Å². The Morgan fingerprint density at radius 1 is 0.342 bits per heavy atom. The lowest BCUT2D eigenvalue weighted by atomic mass is 9.86. The molecule has 6 aliphatic heterocycles. The van der Waals surface area contributed by atoms with Crippen LogP contribution in [0.2, 0.25) is 20.1 Å². The summed E-state index contributed by atoms with van der Waals surface area (Å²) in [6, 6.07) is 46.1. The number of aromatic nitrogens is 12. The highest BCUT2D eigenvalue weighted by Crippen LogP contribution is 2.51. The minimum absolute atomic E-state index is 0. The van der Waals surface area contributed by atoms with Crippen LogP contribution in [0.4, 0.5) is 40.8 Å². The van der Waals surface area contributed by atoms with Gasteiger partial charge in [-0.1, -0.05) is 195 Å². The number of aliphatic hydroxyl groups excluding tert-OH is 2. The molecule has 8 unspecified atom stereocenters. The molecule has 5 aliphatic carbocycles. The smallest absolute Gasteiger partial charge is 0.319 e. The average molecular weight is 2090 g/mol. The normalized spacial score (nSPS) is 21.4. The second kappa shape index (κ2) is 42.6. The van der Waals surface area contributed by atoms with E-state index in [1.807, 2.05) is 147 Å². The van der Waals surface area contributed by atoms with Crippen molar-refractivity contribution in [3.8, 4) is 69.1 Å². The quantitative estimate of drug-likeness (QED) is 0.0599. The number of fused-ring (bicyclic) bond motifs is 17. The van der Waals surface area contributed by atoms with Gasteiger partial charge in [0.1, 0.15) is 87.9 Å². The Morgan fingerprint density at radius 2 is 0.604 bits per heavy atom. The van der Waals surface area contributed by atoms with E-state index >= 15 is 17.6 Å². The van der Waals surface area contributed by atoms with Crippen LogP contribution in [-0.4, -0.2) is 185 Å². The van der Waals surface area contributed by atoms with E-state index in [0.717, 1.165) is 133 Å². The lowest BCUT2D eigenvalue weighted by Crippen LogP contribution is -2.43. The van der Waals surface area contributed by atoms with Crippen molar-refractivity contribution in [2.24, 2.45) is 53.3 Å². The largest absolute Gasteiger partial charge is 0.463 e. The molecule has 8 aromatic heterocycles. The Hall–Kier alpha value is -12.1. The van der Waals surface area contributed by atoms with Crippen LogP contribution < -0.4 is 38.5 Å². The Kier molecular flexibility index (Phi) is 28.7. The molecule has 14 heterocycles. The van der Waals surface area contributed by atoms with Gasteiger partial charge in [0.05, 0.1) is 45.9 Å². The summed E-state index contributed by atoms with van der Waals surface area (Å²) in [5.74, 6) is 6.46. The van der Waals surface area contributed by atoms with Gasteiger partial charge in [-0.15, -0.1) is 0 Å². The maximum absolute atomic E-state index is 16.6.